The van der Waals surface area contributed by atoms with Gasteiger partial charge in [0, 0.05) is 19.5 Å². The summed E-state index contributed by atoms with van der Waals surface area (Å²) >= 11 is 2.45. The van der Waals surface area contributed by atoms with Gasteiger partial charge in [-0.3, -0.25) is 19.3 Å². The zero-order valence-electron chi connectivity index (χ0n) is 14.8. The van der Waals surface area contributed by atoms with Crippen LogP contribution in [0, 0.1) is 0 Å². The van der Waals surface area contributed by atoms with E-state index in [1.54, 1.807) is 11.0 Å². The van der Waals surface area contributed by atoms with Gasteiger partial charge in [0.1, 0.15) is 0 Å². The predicted octanol–water partition coefficient (Wildman–Crippen LogP) is 2.86. The number of allylic oxidation sites excluding steroid dienone is 2. The highest BCUT2D eigenvalue weighted by molar-refractivity contribution is 8.14. The van der Waals surface area contributed by atoms with Crippen molar-refractivity contribution in [1.82, 2.24) is 10.2 Å². The van der Waals surface area contributed by atoms with Crippen LogP contribution in [0.1, 0.15) is 12.5 Å². The summed E-state index contributed by atoms with van der Waals surface area (Å²) in [5.41, 5.74) is 0.997. The molecule has 3 rings (SSSR count). The van der Waals surface area contributed by atoms with Crippen molar-refractivity contribution < 1.29 is 14.4 Å². The summed E-state index contributed by atoms with van der Waals surface area (Å²) in [6, 6.07) is 9.62. The molecule has 0 aromatic heterocycles. The highest BCUT2D eigenvalue weighted by Crippen LogP contribution is 2.30. The molecule has 0 saturated heterocycles. The van der Waals surface area contributed by atoms with Crippen molar-refractivity contribution in [2.75, 3.05) is 6.54 Å². The first-order valence-electron chi connectivity index (χ1n) is 8.57. The lowest BCUT2D eigenvalue weighted by Crippen LogP contribution is -2.39. The van der Waals surface area contributed by atoms with E-state index >= 15 is 0 Å². The lowest BCUT2D eigenvalue weighted by atomic mass is 10.1. The van der Waals surface area contributed by atoms with E-state index in [1.807, 2.05) is 48.6 Å². The third kappa shape index (κ3) is 5.37. The number of nitrogens with one attached hydrogen (secondary N) is 1. The van der Waals surface area contributed by atoms with Crippen LogP contribution < -0.4 is 5.32 Å². The first-order chi connectivity index (χ1) is 13.0. The SMILES string of the molecule is CC(=O)SC(Cc1ccccc1)C(=O)NC1C=CC(=O)N2CC=CC=C2S1. The van der Waals surface area contributed by atoms with E-state index in [0.29, 0.717) is 13.0 Å². The molecule has 1 N–H and O–H groups in total. The fourth-order valence-corrected chi connectivity index (χ4v) is 4.65. The molecular formula is C20H20N2O3S2. The number of benzene rings is 1. The first kappa shape index (κ1) is 19.5. The minimum Gasteiger partial charge on any atom is -0.339 e. The summed E-state index contributed by atoms with van der Waals surface area (Å²) in [6.07, 6.45) is 9.33. The van der Waals surface area contributed by atoms with Gasteiger partial charge in [-0.05, 0) is 24.1 Å². The van der Waals surface area contributed by atoms with Crippen molar-refractivity contribution in [2.45, 2.75) is 24.0 Å². The van der Waals surface area contributed by atoms with E-state index in [1.165, 1.54) is 24.8 Å². The minimum absolute atomic E-state index is 0.100. The molecule has 0 aliphatic carbocycles. The lowest BCUT2D eigenvalue weighted by molar-refractivity contribution is -0.123. The highest BCUT2D eigenvalue weighted by atomic mass is 32.2. The smallest absolute Gasteiger partial charge is 0.251 e. The third-order valence-corrected chi connectivity index (χ3v) is 6.13. The maximum Gasteiger partial charge on any atom is 0.251 e. The van der Waals surface area contributed by atoms with E-state index in [-0.39, 0.29) is 22.3 Å². The molecule has 0 fully saturated rings. The highest BCUT2D eigenvalue weighted by Gasteiger charge is 2.28. The van der Waals surface area contributed by atoms with Gasteiger partial charge >= 0.3 is 0 Å². The quantitative estimate of drug-likeness (QED) is 0.823. The second-order valence-corrected chi connectivity index (χ2v) is 8.62. The maximum absolute atomic E-state index is 12.8. The van der Waals surface area contributed by atoms with Crippen LogP contribution in [0.2, 0.25) is 0 Å². The van der Waals surface area contributed by atoms with Crippen LogP contribution in [-0.2, 0) is 20.8 Å². The summed E-state index contributed by atoms with van der Waals surface area (Å²) in [7, 11) is 0. The molecular weight excluding hydrogens is 380 g/mol. The van der Waals surface area contributed by atoms with E-state index in [0.717, 1.165) is 22.4 Å². The minimum atomic E-state index is -0.519. The van der Waals surface area contributed by atoms with Crippen LogP contribution in [0.3, 0.4) is 0 Å². The van der Waals surface area contributed by atoms with Crippen LogP contribution in [0.4, 0.5) is 0 Å². The zero-order chi connectivity index (χ0) is 19.2. The molecule has 2 aliphatic heterocycles. The van der Waals surface area contributed by atoms with Gasteiger partial charge in [-0.15, -0.1) is 0 Å². The van der Waals surface area contributed by atoms with Gasteiger partial charge in [0.15, 0.2) is 5.12 Å². The Morgan fingerprint density at radius 3 is 2.85 bits per heavy atom. The van der Waals surface area contributed by atoms with Crippen LogP contribution in [0.5, 0.6) is 0 Å². The maximum atomic E-state index is 12.8. The Balaban J connectivity index is 1.71. The molecule has 0 saturated carbocycles. The standard InChI is InChI=1S/C20H20N2O3S2/c1-14(23)26-16(13-15-7-3-2-4-8-15)20(25)21-17-10-11-18(24)22-12-6-5-9-19(22)27-17/h2-11,16-17H,12-13H2,1H3,(H,21,25). The van der Waals surface area contributed by atoms with Crippen molar-refractivity contribution in [3.05, 3.63) is 71.3 Å². The van der Waals surface area contributed by atoms with Gasteiger partial charge in [0.25, 0.3) is 5.91 Å². The van der Waals surface area contributed by atoms with E-state index in [9.17, 15) is 14.4 Å². The van der Waals surface area contributed by atoms with Crippen LogP contribution in [0.25, 0.3) is 0 Å². The number of thioether (sulfide) groups is 2. The summed E-state index contributed by atoms with van der Waals surface area (Å²) < 4.78 is 0. The number of hydrogen-bond acceptors (Lipinski definition) is 5. The van der Waals surface area contributed by atoms with Crippen LogP contribution in [0.15, 0.2) is 65.7 Å². The Hall–Kier alpha value is -2.25. The molecule has 0 spiro atoms. The monoisotopic (exact) mass is 400 g/mol. The fraction of sp³-hybridized carbons (Fsp3) is 0.250. The van der Waals surface area contributed by atoms with Crippen molar-refractivity contribution in [2.24, 2.45) is 0 Å². The summed E-state index contributed by atoms with van der Waals surface area (Å²) in [6.45, 7) is 1.99. The van der Waals surface area contributed by atoms with Gasteiger partial charge in [0.2, 0.25) is 5.91 Å². The second kappa shape index (κ2) is 9.10. The summed E-state index contributed by atoms with van der Waals surface area (Å²) in [4.78, 5) is 38.3. The Bertz CT molecular complexity index is 818. The van der Waals surface area contributed by atoms with Crippen molar-refractivity contribution in [3.8, 4) is 0 Å². The van der Waals surface area contributed by atoms with Gasteiger partial charge in [-0.25, -0.2) is 0 Å². The first-order valence-corrected chi connectivity index (χ1v) is 10.3. The zero-order valence-corrected chi connectivity index (χ0v) is 16.5. The molecule has 27 heavy (non-hydrogen) atoms. The Morgan fingerprint density at radius 1 is 1.33 bits per heavy atom. The molecule has 1 aromatic carbocycles. The number of nitrogens with zero attached hydrogens (tertiary/aromatic N) is 1. The van der Waals surface area contributed by atoms with Gasteiger partial charge < -0.3 is 5.32 Å². The molecule has 2 atom stereocenters. The Morgan fingerprint density at radius 2 is 2.11 bits per heavy atom. The van der Waals surface area contributed by atoms with E-state index in [2.05, 4.69) is 5.32 Å². The molecule has 7 heteroatoms. The Kier molecular flexibility index (Phi) is 6.58. The van der Waals surface area contributed by atoms with Crippen molar-refractivity contribution in [3.63, 3.8) is 0 Å². The van der Waals surface area contributed by atoms with Gasteiger partial charge in [0.05, 0.1) is 15.7 Å². The number of hydrogen-bond donors (Lipinski definition) is 1. The van der Waals surface area contributed by atoms with Crippen LogP contribution in [-0.4, -0.2) is 39.0 Å². The number of rotatable bonds is 5. The largest absolute Gasteiger partial charge is 0.339 e. The van der Waals surface area contributed by atoms with Gasteiger partial charge in [-0.2, -0.15) is 0 Å². The Labute approximate surface area is 167 Å². The van der Waals surface area contributed by atoms with E-state index in [4.69, 9.17) is 0 Å². The molecule has 2 heterocycles. The molecule has 0 bridgehead atoms. The number of amides is 2. The summed E-state index contributed by atoms with van der Waals surface area (Å²) in [5.74, 6) is -0.317. The van der Waals surface area contributed by atoms with Crippen molar-refractivity contribution >= 4 is 40.5 Å². The number of carbonyl (C=O) groups excluding carboxylic acids is 3. The third-order valence-electron chi connectivity index (χ3n) is 4.01. The molecule has 2 amide bonds. The predicted molar refractivity (Wildman–Crippen MR) is 110 cm³/mol. The topological polar surface area (TPSA) is 66.5 Å². The molecule has 2 unspecified atom stereocenters. The lowest BCUT2D eigenvalue weighted by Gasteiger charge is -2.25. The van der Waals surface area contributed by atoms with Crippen molar-refractivity contribution in [1.29, 1.82) is 0 Å². The normalized spacial score (nSPS) is 19.7. The van der Waals surface area contributed by atoms with Crippen LogP contribution >= 0.6 is 23.5 Å². The number of fused-ring (bicyclic) bond motifs is 1. The van der Waals surface area contributed by atoms with Gasteiger partial charge in [-0.1, -0.05) is 66.0 Å². The average Bonchev–Trinajstić information content (AvgIpc) is 2.81. The molecule has 0 radical (unpaired) electrons. The van der Waals surface area contributed by atoms with E-state index < -0.39 is 5.25 Å². The average molecular weight is 401 g/mol. The number of carbonyl (C=O) groups is 3. The second-order valence-electron chi connectivity index (χ2n) is 6.08. The molecule has 2 aliphatic rings. The fourth-order valence-electron chi connectivity index (χ4n) is 2.75. The molecule has 140 valence electrons. The molecule has 5 nitrogen and oxygen atoms in total. The summed E-state index contributed by atoms with van der Waals surface area (Å²) in [5, 5.41) is 2.78. The molecule has 1 aromatic rings.